The molecule has 5 nitrogen and oxygen atoms in total. The molecule has 1 fully saturated rings. The Balaban J connectivity index is 2.14. The second-order valence-corrected chi connectivity index (χ2v) is 7.54. The molecule has 0 unspecified atom stereocenters. The van der Waals surface area contributed by atoms with Crippen molar-refractivity contribution in [2.75, 3.05) is 30.5 Å². The third-order valence-corrected chi connectivity index (χ3v) is 5.33. The van der Waals surface area contributed by atoms with Crippen LogP contribution in [0, 0.1) is 11.3 Å². The maximum atomic E-state index is 12.9. The fourth-order valence-electron chi connectivity index (χ4n) is 2.97. The lowest BCUT2D eigenvalue weighted by Gasteiger charge is -2.39. The second kappa shape index (κ2) is 7.71. The molecular weight excluding hydrogens is 310 g/mol. The Morgan fingerprint density at radius 1 is 1.43 bits per heavy atom. The van der Waals surface area contributed by atoms with Crippen molar-refractivity contribution >= 4 is 22.4 Å². The zero-order chi connectivity index (χ0) is 17.0. The maximum absolute atomic E-state index is 12.9. The molecule has 1 aromatic rings. The summed E-state index contributed by atoms with van der Waals surface area (Å²) in [4.78, 5) is 16.7. The van der Waals surface area contributed by atoms with Crippen LogP contribution in [0.1, 0.15) is 25.3 Å². The van der Waals surface area contributed by atoms with E-state index in [1.54, 1.807) is 23.3 Å². The summed E-state index contributed by atoms with van der Waals surface area (Å²) in [7, 11) is 1.06. The maximum Gasteiger partial charge on any atom is 0.244 e. The van der Waals surface area contributed by atoms with Gasteiger partial charge in [-0.3, -0.25) is 13.9 Å². The van der Waals surface area contributed by atoms with Crippen LogP contribution in [0.15, 0.2) is 24.3 Å². The minimum Gasteiger partial charge on any atom is -0.311 e. The van der Waals surface area contributed by atoms with Gasteiger partial charge in [-0.2, -0.15) is 5.26 Å². The predicted molar refractivity (Wildman–Crippen MR) is 92.7 cm³/mol. The van der Waals surface area contributed by atoms with E-state index in [1.807, 2.05) is 31.0 Å². The Labute approximate surface area is 140 Å². The van der Waals surface area contributed by atoms with Crippen LogP contribution in [0.3, 0.4) is 0 Å². The van der Waals surface area contributed by atoms with Crippen LogP contribution in [-0.2, 0) is 15.6 Å². The van der Waals surface area contributed by atoms with Gasteiger partial charge < -0.3 is 4.90 Å². The van der Waals surface area contributed by atoms with E-state index in [9.17, 15) is 9.00 Å². The van der Waals surface area contributed by atoms with Gasteiger partial charge in [-0.1, -0.05) is 0 Å². The van der Waals surface area contributed by atoms with Crippen molar-refractivity contribution in [3.8, 4) is 6.07 Å². The number of rotatable bonds is 5. The molecule has 1 heterocycles. The van der Waals surface area contributed by atoms with E-state index in [1.165, 1.54) is 0 Å². The summed E-state index contributed by atoms with van der Waals surface area (Å²) in [5.74, 6) is 0.647. The quantitative estimate of drug-likeness (QED) is 0.823. The topological polar surface area (TPSA) is 64.4 Å². The van der Waals surface area contributed by atoms with Crippen molar-refractivity contribution in [1.29, 1.82) is 5.26 Å². The number of amides is 1. The molecule has 3 atom stereocenters. The molecule has 0 aliphatic carbocycles. The molecule has 23 heavy (non-hydrogen) atoms. The first-order chi connectivity index (χ1) is 10.9. The Hall–Kier alpha value is -1.71. The van der Waals surface area contributed by atoms with E-state index < -0.39 is 10.8 Å². The minimum atomic E-state index is -0.878. The average Bonchev–Trinajstić information content (AvgIpc) is 2.54. The monoisotopic (exact) mass is 333 g/mol. The summed E-state index contributed by atoms with van der Waals surface area (Å²) in [6.07, 6.45) is 3.45. The summed E-state index contributed by atoms with van der Waals surface area (Å²) in [5.41, 5.74) is 1.42. The van der Waals surface area contributed by atoms with Gasteiger partial charge in [-0.25, -0.2) is 0 Å². The highest BCUT2D eigenvalue weighted by Crippen LogP contribution is 2.24. The molecule has 0 radical (unpaired) electrons. The van der Waals surface area contributed by atoms with Gasteiger partial charge in [0.05, 0.1) is 17.7 Å². The molecule has 0 aromatic heterocycles. The number of carbonyl (C=O) groups is 1. The van der Waals surface area contributed by atoms with E-state index in [0.717, 1.165) is 18.5 Å². The van der Waals surface area contributed by atoms with E-state index in [-0.39, 0.29) is 18.0 Å². The number of likely N-dealkylation sites (N-methyl/N-ethyl adjacent to an activating group) is 1. The Morgan fingerprint density at radius 3 is 2.65 bits per heavy atom. The van der Waals surface area contributed by atoms with Crippen molar-refractivity contribution in [2.24, 2.45) is 0 Å². The van der Waals surface area contributed by atoms with Gasteiger partial charge in [0, 0.05) is 41.1 Å². The summed E-state index contributed by atoms with van der Waals surface area (Å²) in [6, 6.07) is 9.11. The lowest BCUT2D eigenvalue weighted by molar-refractivity contribution is -0.125. The molecule has 6 heteroatoms. The van der Waals surface area contributed by atoms with Crippen LogP contribution in [0.2, 0.25) is 0 Å². The first-order valence-electron chi connectivity index (χ1n) is 7.77. The molecule has 1 amide bonds. The molecule has 1 aromatic carbocycles. The van der Waals surface area contributed by atoms with Gasteiger partial charge in [-0.05, 0) is 51.1 Å². The SMILES string of the molecule is C[C@H](C[S@@](C)=O)N(C)[C@H]1CCCN(c2ccc(C#N)cc2)C1=O. The fraction of sp³-hybridized carbons (Fsp3) is 0.529. The lowest BCUT2D eigenvalue weighted by Crippen LogP contribution is -2.54. The zero-order valence-corrected chi connectivity index (χ0v) is 14.7. The number of hydrogen-bond acceptors (Lipinski definition) is 4. The number of carbonyl (C=O) groups excluding carboxylic acids is 1. The number of hydrogen-bond donors (Lipinski definition) is 0. The van der Waals surface area contributed by atoms with Gasteiger partial charge in [0.2, 0.25) is 5.91 Å². The molecule has 1 saturated heterocycles. The second-order valence-electron chi connectivity index (χ2n) is 6.06. The molecule has 1 aliphatic heterocycles. The van der Waals surface area contributed by atoms with Crippen molar-refractivity contribution in [3.63, 3.8) is 0 Å². The molecule has 0 bridgehead atoms. The normalized spacial score (nSPS) is 21.1. The van der Waals surface area contributed by atoms with E-state index in [4.69, 9.17) is 5.26 Å². The first kappa shape index (κ1) is 17.6. The molecule has 0 spiro atoms. The summed E-state index contributed by atoms with van der Waals surface area (Å²) in [5, 5.41) is 8.88. The highest BCUT2D eigenvalue weighted by molar-refractivity contribution is 7.84. The Morgan fingerprint density at radius 2 is 2.09 bits per heavy atom. The van der Waals surface area contributed by atoms with Crippen molar-refractivity contribution in [3.05, 3.63) is 29.8 Å². The van der Waals surface area contributed by atoms with Gasteiger partial charge in [0.15, 0.2) is 0 Å². The van der Waals surface area contributed by atoms with E-state index in [2.05, 4.69) is 6.07 Å². The van der Waals surface area contributed by atoms with Crippen LogP contribution in [-0.4, -0.2) is 52.7 Å². The molecule has 0 N–H and O–H groups in total. The largest absolute Gasteiger partial charge is 0.311 e. The third kappa shape index (κ3) is 4.18. The number of piperidine rings is 1. The average molecular weight is 333 g/mol. The number of benzene rings is 1. The van der Waals surface area contributed by atoms with Crippen LogP contribution in [0.5, 0.6) is 0 Å². The van der Waals surface area contributed by atoms with Crippen LogP contribution in [0.25, 0.3) is 0 Å². The first-order valence-corrected chi connectivity index (χ1v) is 9.50. The van der Waals surface area contributed by atoms with Crippen molar-refractivity contribution in [1.82, 2.24) is 4.90 Å². The molecule has 1 aliphatic rings. The standard InChI is InChI=1S/C17H23N3O2S/c1-13(12-23(3)22)19(2)16-5-4-10-20(17(16)21)15-8-6-14(11-18)7-9-15/h6-9,13,16H,4-5,10,12H2,1-3H3/t13-,16+,23-/m1/s1. The smallest absolute Gasteiger partial charge is 0.244 e. The summed E-state index contributed by atoms with van der Waals surface area (Å²) < 4.78 is 11.4. The van der Waals surface area contributed by atoms with Crippen LogP contribution < -0.4 is 4.90 Å². The molecule has 124 valence electrons. The number of nitriles is 1. The van der Waals surface area contributed by atoms with Gasteiger partial charge in [0.1, 0.15) is 0 Å². The zero-order valence-electron chi connectivity index (χ0n) is 13.9. The van der Waals surface area contributed by atoms with Gasteiger partial charge in [-0.15, -0.1) is 0 Å². The Kier molecular flexibility index (Phi) is 5.91. The third-order valence-electron chi connectivity index (χ3n) is 4.38. The van der Waals surface area contributed by atoms with Crippen LogP contribution >= 0.6 is 0 Å². The van der Waals surface area contributed by atoms with Gasteiger partial charge in [0.25, 0.3) is 0 Å². The van der Waals surface area contributed by atoms with E-state index in [0.29, 0.717) is 17.9 Å². The molecular formula is C17H23N3O2S. The molecule has 0 saturated carbocycles. The fourth-order valence-corrected chi connectivity index (χ4v) is 3.89. The summed E-state index contributed by atoms with van der Waals surface area (Å²) in [6.45, 7) is 2.71. The van der Waals surface area contributed by atoms with E-state index >= 15 is 0 Å². The Bertz CT molecular complexity index is 624. The van der Waals surface area contributed by atoms with Crippen molar-refractivity contribution < 1.29 is 9.00 Å². The number of nitrogens with zero attached hydrogens (tertiary/aromatic N) is 3. The van der Waals surface area contributed by atoms with Crippen molar-refractivity contribution in [2.45, 2.75) is 31.8 Å². The summed E-state index contributed by atoms with van der Waals surface area (Å²) >= 11 is 0. The highest BCUT2D eigenvalue weighted by Gasteiger charge is 2.34. The van der Waals surface area contributed by atoms with Crippen LogP contribution in [0.4, 0.5) is 5.69 Å². The predicted octanol–water partition coefficient (Wildman–Crippen LogP) is 1.75. The minimum absolute atomic E-state index is 0.0807. The molecule has 2 rings (SSSR count). The highest BCUT2D eigenvalue weighted by atomic mass is 32.2. The lowest BCUT2D eigenvalue weighted by atomic mass is 10.0. The number of anilines is 1. The van der Waals surface area contributed by atoms with Gasteiger partial charge >= 0.3 is 0 Å².